The normalized spacial score (nSPS) is 11.0. The summed E-state index contributed by atoms with van der Waals surface area (Å²) in [6.07, 6.45) is 5.85. The zero-order chi connectivity index (χ0) is 22.6. The number of hydrogen-bond acceptors (Lipinski definition) is 4. The van der Waals surface area contributed by atoms with Crippen molar-refractivity contribution in [3.05, 3.63) is 58.1 Å². The molecule has 1 N–H and O–H groups in total. The smallest absolute Gasteiger partial charge is 0.266 e. The number of halogens is 1. The number of ether oxygens (including phenoxy) is 2. The second-order valence-electron chi connectivity index (χ2n) is 7.17. The number of nitrogens with one attached hydrogen (secondary N) is 1. The van der Waals surface area contributed by atoms with Crippen molar-refractivity contribution < 1.29 is 14.3 Å². The number of amides is 1. The molecule has 2 aromatic rings. The lowest BCUT2D eigenvalue weighted by atomic mass is 10.1. The quantitative estimate of drug-likeness (QED) is 0.244. The van der Waals surface area contributed by atoms with Gasteiger partial charge in [0.15, 0.2) is 11.5 Å². The van der Waals surface area contributed by atoms with E-state index in [9.17, 15) is 10.1 Å². The van der Waals surface area contributed by atoms with Crippen molar-refractivity contribution in [1.29, 1.82) is 5.26 Å². The highest BCUT2D eigenvalue weighted by Crippen LogP contribution is 2.37. The van der Waals surface area contributed by atoms with Crippen LogP contribution in [0.2, 0.25) is 5.02 Å². The average Bonchev–Trinajstić information content (AvgIpc) is 2.73. The Bertz CT molecular complexity index is 964. The third-order valence-corrected chi connectivity index (χ3v) is 4.81. The van der Waals surface area contributed by atoms with Gasteiger partial charge in [-0.1, -0.05) is 49.9 Å². The van der Waals surface area contributed by atoms with Crippen LogP contribution in [0, 0.1) is 18.3 Å². The van der Waals surface area contributed by atoms with Crippen LogP contribution in [0.15, 0.2) is 42.0 Å². The lowest BCUT2D eigenvalue weighted by Crippen LogP contribution is -2.13. The fourth-order valence-corrected chi connectivity index (χ4v) is 3.29. The molecule has 0 bridgehead atoms. The van der Waals surface area contributed by atoms with Crippen molar-refractivity contribution in [2.45, 2.75) is 46.5 Å². The number of nitrogens with zero attached hydrogens (tertiary/aromatic N) is 1. The first-order chi connectivity index (χ1) is 15.0. The molecule has 0 aliphatic rings. The molecule has 0 fully saturated rings. The van der Waals surface area contributed by atoms with Crippen LogP contribution in [-0.2, 0) is 4.79 Å². The summed E-state index contributed by atoms with van der Waals surface area (Å²) in [4.78, 5) is 12.6. The summed E-state index contributed by atoms with van der Waals surface area (Å²) in [6.45, 7) is 6.96. The summed E-state index contributed by atoms with van der Waals surface area (Å²) in [5.74, 6) is 0.492. The SMILES string of the molecule is CCCCCCOc1c(Cl)cc(/C=C(\C#N)C(=O)Nc2cccc(C)c2)cc1OCC. The Balaban J connectivity index is 2.21. The number of nitriles is 1. The van der Waals surface area contributed by atoms with E-state index in [0.717, 1.165) is 24.8 Å². The topological polar surface area (TPSA) is 71.3 Å². The Kier molecular flexibility index (Phi) is 9.93. The van der Waals surface area contributed by atoms with Crippen LogP contribution in [0.25, 0.3) is 6.08 Å². The van der Waals surface area contributed by atoms with Gasteiger partial charge >= 0.3 is 0 Å². The standard InChI is InChI=1S/C25H29ClN2O3/c1-4-6-7-8-12-31-24-22(26)15-19(16-23(24)30-5-2)14-20(17-27)25(29)28-21-11-9-10-18(3)13-21/h9-11,13-16H,4-8,12H2,1-3H3,(H,28,29)/b20-14+. The van der Waals surface area contributed by atoms with Gasteiger partial charge in [-0.3, -0.25) is 4.79 Å². The van der Waals surface area contributed by atoms with Gasteiger partial charge in [-0.05, 0) is 61.7 Å². The molecule has 6 heteroatoms. The van der Waals surface area contributed by atoms with Crippen LogP contribution in [0.5, 0.6) is 11.5 Å². The van der Waals surface area contributed by atoms with Crippen LogP contribution in [-0.4, -0.2) is 19.1 Å². The third kappa shape index (κ3) is 7.66. The first-order valence-electron chi connectivity index (χ1n) is 10.6. The maximum absolute atomic E-state index is 12.6. The molecule has 164 valence electrons. The summed E-state index contributed by atoms with van der Waals surface area (Å²) < 4.78 is 11.6. The minimum atomic E-state index is -0.488. The van der Waals surface area contributed by atoms with Crippen molar-refractivity contribution in [2.24, 2.45) is 0 Å². The summed E-state index contributed by atoms with van der Waals surface area (Å²) in [6, 6.07) is 12.7. The van der Waals surface area contributed by atoms with Gasteiger partial charge in [0, 0.05) is 5.69 Å². The maximum Gasteiger partial charge on any atom is 0.266 e. The summed E-state index contributed by atoms with van der Waals surface area (Å²) >= 11 is 6.45. The minimum Gasteiger partial charge on any atom is -0.490 e. The first-order valence-corrected chi connectivity index (χ1v) is 10.9. The molecule has 1 amide bonds. The van der Waals surface area contributed by atoms with E-state index in [1.165, 1.54) is 12.5 Å². The van der Waals surface area contributed by atoms with Gasteiger partial charge in [-0.15, -0.1) is 0 Å². The van der Waals surface area contributed by atoms with E-state index in [1.54, 1.807) is 18.2 Å². The third-order valence-electron chi connectivity index (χ3n) is 4.53. The Morgan fingerprint density at radius 2 is 1.97 bits per heavy atom. The van der Waals surface area contributed by atoms with E-state index >= 15 is 0 Å². The number of carbonyl (C=O) groups excluding carboxylic acids is 1. The Hall–Kier alpha value is -2.97. The van der Waals surface area contributed by atoms with Crippen LogP contribution in [0.1, 0.15) is 50.7 Å². The van der Waals surface area contributed by atoms with Crippen LogP contribution in [0.4, 0.5) is 5.69 Å². The molecule has 0 saturated carbocycles. The van der Waals surface area contributed by atoms with Gasteiger partial charge in [0.2, 0.25) is 0 Å². The lowest BCUT2D eigenvalue weighted by Gasteiger charge is -2.14. The highest BCUT2D eigenvalue weighted by atomic mass is 35.5. The van der Waals surface area contributed by atoms with E-state index in [2.05, 4.69) is 12.2 Å². The van der Waals surface area contributed by atoms with Crippen molar-refractivity contribution in [3.8, 4) is 17.6 Å². The second-order valence-corrected chi connectivity index (χ2v) is 7.57. The molecule has 31 heavy (non-hydrogen) atoms. The predicted molar refractivity (Wildman–Crippen MR) is 126 cm³/mol. The molecule has 0 aromatic heterocycles. The van der Waals surface area contributed by atoms with Crippen molar-refractivity contribution in [1.82, 2.24) is 0 Å². The molecule has 0 spiro atoms. The molecule has 0 radical (unpaired) electrons. The second kappa shape index (κ2) is 12.7. The van der Waals surface area contributed by atoms with E-state index in [-0.39, 0.29) is 5.57 Å². The number of rotatable bonds is 11. The van der Waals surface area contributed by atoms with Gasteiger partial charge < -0.3 is 14.8 Å². The van der Waals surface area contributed by atoms with Crippen molar-refractivity contribution in [2.75, 3.05) is 18.5 Å². The fraction of sp³-hybridized carbons (Fsp3) is 0.360. The monoisotopic (exact) mass is 440 g/mol. The number of aryl methyl sites for hydroxylation is 1. The number of benzene rings is 2. The molecular formula is C25H29ClN2O3. The van der Waals surface area contributed by atoms with Gasteiger partial charge in [-0.2, -0.15) is 5.26 Å². The molecule has 0 unspecified atom stereocenters. The Labute approximate surface area is 189 Å². The molecule has 0 aliphatic heterocycles. The Morgan fingerprint density at radius 1 is 1.16 bits per heavy atom. The number of hydrogen-bond donors (Lipinski definition) is 1. The zero-order valence-corrected chi connectivity index (χ0v) is 19.1. The molecule has 2 rings (SSSR count). The first kappa shape index (κ1) is 24.3. The van der Waals surface area contributed by atoms with E-state index in [1.807, 2.05) is 38.1 Å². The van der Waals surface area contributed by atoms with E-state index in [0.29, 0.717) is 41.0 Å². The van der Waals surface area contributed by atoms with Crippen LogP contribution >= 0.6 is 11.6 Å². The van der Waals surface area contributed by atoms with Crippen molar-refractivity contribution in [3.63, 3.8) is 0 Å². The minimum absolute atomic E-state index is 0.0340. The van der Waals surface area contributed by atoms with Gasteiger partial charge in [0.25, 0.3) is 5.91 Å². The van der Waals surface area contributed by atoms with Crippen LogP contribution in [0.3, 0.4) is 0 Å². The molecule has 2 aromatic carbocycles. The summed E-state index contributed by atoms with van der Waals surface area (Å²) in [5.41, 5.74) is 2.20. The number of anilines is 1. The van der Waals surface area contributed by atoms with Gasteiger partial charge in [0.05, 0.1) is 18.2 Å². The number of carbonyl (C=O) groups is 1. The molecular weight excluding hydrogens is 412 g/mol. The van der Waals surface area contributed by atoms with Crippen molar-refractivity contribution >= 4 is 29.3 Å². The average molecular weight is 441 g/mol. The zero-order valence-electron chi connectivity index (χ0n) is 18.3. The molecule has 0 saturated heterocycles. The highest BCUT2D eigenvalue weighted by molar-refractivity contribution is 6.32. The van der Waals surface area contributed by atoms with Gasteiger partial charge in [-0.25, -0.2) is 0 Å². The largest absolute Gasteiger partial charge is 0.490 e. The molecule has 5 nitrogen and oxygen atoms in total. The fourth-order valence-electron chi connectivity index (χ4n) is 3.01. The Morgan fingerprint density at radius 3 is 2.65 bits per heavy atom. The van der Waals surface area contributed by atoms with Gasteiger partial charge in [0.1, 0.15) is 11.6 Å². The predicted octanol–water partition coefficient (Wildman–Crippen LogP) is 6.55. The van der Waals surface area contributed by atoms with Crippen LogP contribution < -0.4 is 14.8 Å². The van der Waals surface area contributed by atoms with E-state index < -0.39 is 5.91 Å². The van der Waals surface area contributed by atoms with E-state index in [4.69, 9.17) is 21.1 Å². The maximum atomic E-state index is 12.6. The lowest BCUT2D eigenvalue weighted by molar-refractivity contribution is -0.112. The summed E-state index contributed by atoms with van der Waals surface area (Å²) in [7, 11) is 0. The molecule has 0 atom stereocenters. The molecule has 0 aliphatic carbocycles. The summed E-state index contributed by atoms with van der Waals surface area (Å²) in [5, 5.41) is 12.6. The highest BCUT2D eigenvalue weighted by Gasteiger charge is 2.15. The number of unbranched alkanes of at least 4 members (excludes halogenated alkanes) is 3. The molecule has 0 heterocycles.